The number of methoxy groups -OCH3 is 1. The van der Waals surface area contributed by atoms with Crippen molar-refractivity contribution in [2.75, 3.05) is 18.7 Å². The molecule has 1 amide bonds. The summed E-state index contributed by atoms with van der Waals surface area (Å²) in [7, 11) is -2.26. The number of nitrogens with one attached hydrogen (secondary N) is 2. The molecule has 0 unspecified atom stereocenters. The van der Waals surface area contributed by atoms with Crippen molar-refractivity contribution in [2.24, 2.45) is 5.92 Å². The lowest BCUT2D eigenvalue weighted by Crippen LogP contribution is -2.27. The summed E-state index contributed by atoms with van der Waals surface area (Å²) in [5.74, 6) is 0.235. The average Bonchev–Trinajstić information content (AvgIpc) is 2.67. The first-order valence-electron chi connectivity index (χ1n) is 8.83. The zero-order valence-electron chi connectivity index (χ0n) is 16.6. The van der Waals surface area contributed by atoms with E-state index < -0.39 is 16.1 Å². The van der Waals surface area contributed by atoms with Gasteiger partial charge in [-0.3, -0.25) is 4.79 Å². The normalized spacial score (nSPS) is 12.6. The highest BCUT2D eigenvalue weighted by molar-refractivity contribution is 7.98. The van der Waals surface area contributed by atoms with E-state index in [0.29, 0.717) is 11.4 Å². The van der Waals surface area contributed by atoms with Gasteiger partial charge in [0.1, 0.15) is 5.75 Å². The molecule has 0 aliphatic carbocycles. The standard InChI is InChI=1S/C20H26N2O4S2/c1-13(2)20(23)21-17-12-15(10-11-19(17)27-5)28(24,25)22-14(3)16-8-6-7-9-18(16)26-4/h6-14,22H,1-5H3,(H,21,23)/t14-/m0/s1. The van der Waals surface area contributed by atoms with Crippen LogP contribution in [0.1, 0.15) is 32.4 Å². The lowest BCUT2D eigenvalue weighted by atomic mass is 10.1. The third kappa shape index (κ3) is 5.27. The van der Waals surface area contributed by atoms with Gasteiger partial charge in [0.25, 0.3) is 0 Å². The Bertz CT molecular complexity index is 943. The summed E-state index contributed by atoms with van der Waals surface area (Å²) in [5, 5.41) is 2.80. The molecule has 2 aromatic carbocycles. The summed E-state index contributed by atoms with van der Waals surface area (Å²) >= 11 is 1.44. The Labute approximate surface area is 171 Å². The Morgan fingerprint density at radius 2 is 1.79 bits per heavy atom. The molecule has 0 saturated carbocycles. The molecule has 6 nitrogen and oxygen atoms in total. The minimum Gasteiger partial charge on any atom is -0.496 e. The number of anilines is 1. The molecule has 0 saturated heterocycles. The van der Waals surface area contributed by atoms with Crippen LogP contribution in [-0.4, -0.2) is 27.7 Å². The van der Waals surface area contributed by atoms with Crippen molar-refractivity contribution in [3.05, 3.63) is 48.0 Å². The van der Waals surface area contributed by atoms with Crippen molar-refractivity contribution in [3.63, 3.8) is 0 Å². The monoisotopic (exact) mass is 422 g/mol. The van der Waals surface area contributed by atoms with Gasteiger partial charge < -0.3 is 10.1 Å². The summed E-state index contributed by atoms with van der Waals surface area (Å²) in [5.41, 5.74) is 1.22. The Kier molecular flexibility index (Phi) is 7.51. The lowest BCUT2D eigenvalue weighted by Gasteiger charge is -2.18. The molecule has 152 valence electrons. The predicted octanol–water partition coefficient (Wildman–Crippen LogP) is 4.05. The Hall–Kier alpha value is -2.03. The first-order valence-corrected chi connectivity index (χ1v) is 11.5. The summed E-state index contributed by atoms with van der Waals surface area (Å²) in [6.07, 6.45) is 1.87. The predicted molar refractivity (Wildman–Crippen MR) is 113 cm³/mol. The fourth-order valence-corrected chi connectivity index (χ4v) is 4.40. The number of hydrogen-bond acceptors (Lipinski definition) is 5. The van der Waals surface area contributed by atoms with Gasteiger partial charge in [0.2, 0.25) is 15.9 Å². The van der Waals surface area contributed by atoms with E-state index in [9.17, 15) is 13.2 Å². The largest absolute Gasteiger partial charge is 0.496 e. The van der Waals surface area contributed by atoms with Gasteiger partial charge in [-0.15, -0.1) is 11.8 Å². The van der Waals surface area contributed by atoms with Gasteiger partial charge in [-0.1, -0.05) is 32.0 Å². The molecule has 1 atom stereocenters. The van der Waals surface area contributed by atoms with E-state index >= 15 is 0 Å². The first kappa shape index (κ1) is 22.3. The van der Waals surface area contributed by atoms with Crippen LogP contribution >= 0.6 is 11.8 Å². The van der Waals surface area contributed by atoms with Gasteiger partial charge >= 0.3 is 0 Å². The van der Waals surface area contributed by atoms with Gasteiger partial charge in [-0.05, 0) is 37.4 Å². The van der Waals surface area contributed by atoms with Gasteiger partial charge in [0.15, 0.2) is 0 Å². The van der Waals surface area contributed by atoms with E-state index in [4.69, 9.17) is 4.74 Å². The first-order chi connectivity index (χ1) is 13.2. The quantitative estimate of drug-likeness (QED) is 0.627. The van der Waals surface area contributed by atoms with E-state index in [1.807, 2.05) is 24.5 Å². The van der Waals surface area contributed by atoms with Crippen LogP contribution in [0.4, 0.5) is 5.69 Å². The lowest BCUT2D eigenvalue weighted by molar-refractivity contribution is -0.118. The maximum Gasteiger partial charge on any atom is 0.241 e. The second-order valence-corrected chi connectivity index (χ2v) is 9.15. The van der Waals surface area contributed by atoms with Gasteiger partial charge in [0, 0.05) is 22.4 Å². The SMILES string of the molecule is COc1ccccc1[C@H](C)NS(=O)(=O)c1ccc(SC)c(NC(=O)C(C)C)c1. The van der Waals surface area contributed by atoms with Gasteiger partial charge in [-0.2, -0.15) is 0 Å². The Morgan fingerprint density at radius 1 is 1.11 bits per heavy atom. The average molecular weight is 423 g/mol. The van der Waals surface area contributed by atoms with Crippen LogP contribution in [0.25, 0.3) is 0 Å². The molecule has 0 heterocycles. The third-order valence-corrected chi connectivity index (χ3v) is 6.54. The number of ether oxygens (including phenoxy) is 1. The molecule has 0 fully saturated rings. The minimum atomic E-state index is -3.80. The van der Waals surface area contributed by atoms with Crippen LogP contribution in [0.3, 0.4) is 0 Å². The number of carbonyl (C=O) groups excluding carboxylic acids is 1. The number of hydrogen-bond donors (Lipinski definition) is 2. The van der Waals surface area contributed by atoms with Gasteiger partial charge in [-0.25, -0.2) is 13.1 Å². The number of benzene rings is 2. The van der Waals surface area contributed by atoms with Crippen molar-refractivity contribution < 1.29 is 17.9 Å². The molecule has 0 bridgehead atoms. The minimum absolute atomic E-state index is 0.0890. The molecule has 0 aromatic heterocycles. The second-order valence-electron chi connectivity index (χ2n) is 6.59. The second kappa shape index (κ2) is 9.45. The van der Waals surface area contributed by atoms with E-state index in [1.165, 1.54) is 23.9 Å². The molecule has 2 rings (SSSR count). The zero-order chi connectivity index (χ0) is 20.9. The molecule has 28 heavy (non-hydrogen) atoms. The van der Waals surface area contributed by atoms with Crippen LogP contribution < -0.4 is 14.8 Å². The van der Waals surface area contributed by atoms with Crippen LogP contribution in [-0.2, 0) is 14.8 Å². The molecule has 0 spiro atoms. The molecular formula is C20H26N2O4S2. The molecular weight excluding hydrogens is 396 g/mol. The van der Waals surface area contributed by atoms with Crippen LogP contribution in [0.5, 0.6) is 5.75 Å². The molecule has 0 aliphatic rings. The van der Waals surface area contributed by atoms with E-state index in [0.717, 1.165) is 10.5 Å². The fourth-order valence-electron chi connectivity index (χ4n) is 2.62. The maximum absolute atomic E-state index is 12.9. The highest BCUT2D eigenvalue weighted by Gasteiger charge is 2.22. The Balaban J connectivity index is 2.33. The van der Waals surface area contributed by atoms with Crippen molar-refractivity contribution >= 4 is 33.4 Å². The molecule has 2 N–H and O–H groups in total. The summed E-state index contributed by atoms with van der Waals surface area (Å²) in [4.78, 5) is 13.0. The van der Waals surface area contributed by atoms with E-state index in [1.54, 1.807) is 40.0 Å². The summed E-state index contributed by atoms with van der Waals surface area (Å²) < 4.78 is 33.8. The van der Waals surface area contributed by atoms with Crippen molar-refractivity contribution in [1.29, 1.82) is 0 Å². The number of rotatable bonds is 8. The Morgan fingerprint density at radius 3 is 2.39 bits per heavy atom. The smallest absolute Gasteiger partial charge is 0.241 e. The third-order valence-electron chi connectivity index (χ3n) is 4.20. The zero-order valence-corrected chi connectivity index (χ0v) is 18.3. The molecule has 0 radical (unpaired) electrons. The highest BCUT2D eigenvalue weighted by Crippen LogP contribution is 2.30. The number of sulfonamides is 1. The van der Waals surface area contributed by atoms with Gasteiger partial charge in [0.05, 0.1) is 17.7 Å². The highest BCUT2D eigenvalue weighted by atomic mass is 32.2. The number of carbonyl (C=O) groups is 1. The van der Waals surface area contributed by atoms with Crippen LogP contribution in [0.2, 0.25) is 0 Å². The van der Waals surface area contributed by atoms with Crippen molar-refractivity contribution in [2.45, 2.75) is 36.6 Å². The van der Waals surface area contributed by atoms with Crippen molar-refractivity contribution in [3.8, 4) is 5.75 Å². The molecule has 8 heteroatoms. The summed E-state index contributed by atoms with van der Waals surface area (Å²) in [6.45, 7) is 5.32. The number of amides is 1. The van der Waals surface area contributed by atoms with E-state index in [2.05, 4.69) is 10.0 Å². The number of thioether (sulfide) groups is 1. The summed E-state index contributed by atoms with van der Waals surface area (Å²) in [6, 6.07) is 11.5. The van der Waals surface area contributed by atoms with Crippen LogP contribution in [0.15, 0.2) is 52.3 Å². The van der Waals surface area contributed by atoms with E-state index in [-0.39, 0.29) is 16.7 Å². The van der Waals surface area contributed by atoms with Crippen molar-refractivity contribution in [1.82, 2.24) is 4.72 Å². The topological polar surface area (TPSA) is 84.5 Å². The molecule has 2 aromatic rings. The van der Waals surface area contributed by atoms with Crippen LogP contribution in [0, 0.1) is 5.92 Å². The molecule has 0 aliphatic heterocycles. The number of para-hydroxylation sites is 1. The maximum atomic E-state index is 12.9. The fraction of sp³-hybridized carbons (Fsp3) is 0.350.